The van der Waals surface area contributed by atoms with Crippen LogP contribution in [0.15, 0.2) is 29.1 Å². The van der Waals surface area contributed by atoms with E-state index in [1.165, 1.54) is 9.58 Å². The Bertz CT molecular complexity index is 1130. The number of imide groups is 1. The van der Waals surface area contributed by atoms with Gasteiger partial charge in [0, 0.05) is 18.2 Å². The number of aryl methyl sites for hydroxylation is 1. The molecule has 1 saturated carbocycles. The smallest absolute Gasteiger partial charge is 0.278 e. The standard InChI is InChI=1S/C21H23N5O3/c1-12-18(14-11-17(27)25(19(14)28)13-7-3-2-4-8-13)20(29)26(24-12)21-22-15-9-5-6-10-16(15)23-21/h5-6,9-10,13-14,24H,2-4,7-8,11H2,1H3,(H,22,23). The largest absolute Gasteiger partial charge is 0.322 e. The summed E-state index contributed by atoms with van der Waals surface area (Å²) in [7, 11) is 0. The van der Waals surface area contributed by atoms with Crippen molar-refractivity contribution in [1.82, 2.24) is 24.6 Å². The molecule has 2 N–H and O–H groups in total. The first-order valence-corrected chi connectivity index (χ1v) is 10.2. The number of aromatic amines is 2. The maximum atomic E-state index is 13.2. The van der Waals surface area contributed by atoms with Gasteiger partial charge in [0.05, 0.1) is 22.5 Å². The van der Waals surface area contributed by atoms with Gasteiger partial charge >= 0.3 is 0 Å². The summed E-state index contributed by atoms with van der Waals surface area (Å²) in [4.78, 5) is 48.0. The SMILES string of the molecule is Cc1[nH]n(-c2nc3ccccc3[nH]2)c(=O)c1C1CC(=O)N(C2CCCCC2)C1=O. The second-order valence-corrected chi connectivity index (χ2v) is 8.02. The van der Waals surface area contributed by atoms with E-state index in [0.29, 0.717) is 17.2 Å². The topological polar surface area (TPSA) is 104 Å². The van der Waals surface area contributed by atoms with Gasteiger partial charge in [-0.05, 0) is 31.9 Å². The molecule has 2 aromatic heterocycles. The molecule has 29 heavy (non-hydrogen) atoms. The van der Waals surface area contributed by atoms with E-state index in [9.17, 15) is 14.4 Å². The van der Waals surface area contributed by atoms with Crippen LogP contribution in [-0.4, -0.2) is 42.5 Å². The van der Waals surface area contributed by atoms with E-state index in [2.05, 4.69) is 15.1 Å². The number of carbonyl (C=O) groups is 2. The lowest BCUT2D eigenvalue weighted by molar-refractivity contribution is -0.142. The van der Waals surface area contributed by atoms with Crippen LogP contribution in [0.5, 0.6) is 0 Å². The number of hydrogen-bond acceptors (Lipinski definition) is 4. The van der Waals surface area contributed by atoms with E-state index < -0.39 is 5.92 Å². The molecular weight excluding hydrogens is 370 g/mol. The highest BCUT2D eigenvalue weighted by molar-refractivity contribution is 6.06. The number of nitrogens with one attached hydrogen (secondary N) is 2. The molecular formula is C21H23N5O3. The van der Waals surface area contributed by atoms with E-state index in [1.807, 2.05) is 24.3 Å². The van der Waals surface area contributed by atoms with Gasteiger partial charge in [-0.25, -0.2) is 4.98 Å². The van der Waals surface area contributed by atoms with Crippen LogP contribution in [0.25, 0.3) is 17.0 Å². The number of nitrogens with zero attached hydrogens (tertiary/aromatic N) is 3. The van der Waals surface area contributed by atoms with Crippen LogP contribution in [0.4, 0.5) is 0 Å². The number of H-pyrrole nitrogens is 2. The van der Waals surface area contributed by atoms with Crippen molar-refractivity contribution in [1.29, 1.82) is 0 Å². The molecule has 3 heterocycles. The van der Waals surface area contributed by atoms with Gasteiger partial charge in [-0.1, -0.05) is 31.4 Å². The van der Waals surface area contributed by atoms with Crippen LogP contribution in [0.2, 0.25) is 0 Å². The molecule has 8 nitrogen and oxygen atoms in total. The molecule has 1 atom stereocenters. The number of aromatic nitrogens is 4. The number of carbonyl (C=O) groups excluding carboxylic acids is 2. The van der Waals surface area contributed by atoms with Gasteiger partial charge in [-0.3, -0.25) is 24.4 Å². The first-order chi connectivity index (χ1) is 14.0. The van der Waals surface area contributed by atoms with Crippen molar-refractivity contribution >= 4 is 22.8 Å². The molecule has 2 aliphatic rings. The van der Waals surface area contributed by atoms with Crippen molar-refractivity contribution in [2.75, 3.05) is 0 Å². The second-order valence-electron chi connectivity index (χ2n) is 8.02. The molecule has 0 bridgehead atoms. The van der Waals surface area contributed by atoms with E-state index in [4.69, 9.17) is 0 Å². The maximum absolute atomic E-state index is 13.2. The predicted octanol–water partition coefficient (Wildman–Crippen LogP) is 2.53. The first-order valence-electron chi connectivity index (χ1n) is 10.2. The fraction of sp³-hybridized carbons (Fsp3) is 0.429. The van der Waals surface area contributed by atoms with E-state index in [-0.39, 0.29) is 29.8 Å². The zero-order valence-electron chi connectivity index (χ0n) is 16.3. The average Bonchev–Trinajstić information content (AvgIpc) is 3.36. The summed E-state index contributed by atoms with van der Waals surface area (Å²) in [5, 5.41) is 3.03. The predicted molar refractivity (Wildman–Crippen MR) is 107 cm³/mol. The van der Waals surface area contributed by atoms with Crippen LogP contribution in [-0.2, 0) is 9.59 Å². The van der Waals surface area contributed by atoms with Crippen LogP contribution in [0, 0.1) is 6.92 Å². The lowest BCUT2D eigenvalue weighted by Gasteiger charge is -2.29. The second kappa shape index (κ2) is 6.72. The Morgan fingerprint density at radius 2 is 1.83 bits per heavy atom. The Kier molecular flexibility index (Phi) is 4.15. The van der Waals surface area contributed by atoms with Crippen molar-refractivity contribution < 1.29 is 9.59 Å². The van der Waals surface area contributed by atoms with Gasteiger partial charge in [-0.2, -0.15) is 4.68 Å². The van der Waals surface area contributed by atoms with Crippen molar-refractivity contribution in [2.24, 2.45) is 0 Å². The molecule has 150 valence electrons. The Morgan fingerprint density at radius 3 is 2.59 bits per heavy atom. The van der Waals surface area contributed by atoms with Gasteiger partial charge in [0.2, 0.25) is 17.8 Å². The van der Waals surface area contributed by atoms with E-state index in [1.54, 1.807) is 6.92 Å². The molecule has 5 rings (SSSR count). The number of rotatable bonds is 3. The summed E-state index contributed by atoms with van der Waals surface area (Å²) in [5.74, 6) is -0.759. The number of hydrogen-bond donors (Lipinski definition) is 2. The summed E-state index contributed by atoms with van der Waals surface area (Å²) in [6, 6.07) is 7.49. The zero-order chi connectivity index (χ0) is 20.1. The number of likely N-dealkylation sites (tertiary alicyclic amines) is 1. The Labute approximate surface area is 166 Å². The molecule has 1 aromatic carbocycles. The lowest BCUT2D eigenvalue weighted by Crippen LogP contribution is -2.41. The van der Waals surface area contributed by atoms with Crippen LogP contribution in [0.1, 0.15) is 55.7 Å². The fourth-order valence-corrected chi connectivity index (χ4v) is 4.76. The first kappa shape index (κ1) is 17.9. The van der Waals surface area contributed by atoms with Crippen LogP contribution in [0.3, 0.4) is 0 Å². The minimum absolute atomic E-state index is 0.0226. The molecule has 8 heteroatoms. The van der Waals surface area contributed by atoms with Crippen molar-refractivity contribution in [3.05, 3.63) is 45.9 Å². The van der Waals surface area contributed by atoms with E-state index >= 15 is 0 Å². The molecule has 1 unspecified atom stereocenters. The molecule has 1 saturated heterocycles. The third-order valence-corrected chi connectivity index (χ3v) is 6.18. The number of benzene rings is 1. The Morgan fingerprint density at radius 1 is 1.07 bits per heavy atom. The summed E-state index contributed by atoms with van der Waals surface area (Å²) in [6.07, 6.45) is 5.00. The van der Waals surface area contributed by atoms with Gasteiger partial charge in [0.25, 0.3) is 5.56 Å². The lowest BCUT2D eigenvalue weighted by atomic mass is 9.94. The van der Waals surface area contributed by atoms with Crippen molar-refractivity contribution in [3.63, 3.8) is 0 Å². The summed E-state index contributed by atoms with van der Waals surface area (Å²) < 4.78 is 1.33. The minimum Gasteiger partial charge on any atom is -0.322 e. The highest BCUT2D eigenvalue weighted by Gasteiger charge is 2.45. The molecule has 0 spiro atoms. The summed E-state index contributed by atoms with van der Waals surface area (Å²) >= 11 is 0. The minimum atomic E-state index is -0.723. The van der Waals surface area contributed by atoms with Crippen molar-refractivity contribution in [3.8, 4) is 5.95 Å². The van der Waals surface area contributed by atoms with Gasteiger partial charge < -0.3 is 4.98 Å². The highest BCUT2D eigenvalue weighted by Crippen LogP contribution is 2.34. The Hall–Kier alpha value is -3.16. The van der Waals surface area contributed by atoms with E-state index in [0.717, 1.165) is 43.1 Å². The van der Waals surface area contributed by atoms with Crippen molar-refractivity contribution in [2.45, 2.75) is 57.4 Å². The van der Waals surface area contributed by atoms with Crippen LogP contribution < -0.4 is 5.56 Å². The molecule has 0 radical (unpaired) electrons. The van der Waals surface area contributed by atoms with Gasteiger partial charge in [0.15, 0.2) is 0 Å². The fourth-order valence-electron chi connectivity index (χ4n) is 4.76. The average molecular weight is 393 g/mol. The number of para-hydroxylation sites is 2. The molecule has 2 fully saturated rings. The Balaban J connectivity index is 1.51. The number of amides is 2. The zero-order valence-corrected chi connectivity index (χ0v) is 16.3. The maximum Gasteiger partial charge on any atom is 0.278 e. The quantitative estimate of drug-likeness (QED) is 0.667. The summed E-state index contributed by atoms with van der Waals surface area (Å²) in [5.41, 5.74) is 2.19. The highest BCUT2D eigenvalue weighted by atomic mass is 16.2. The molecule has 2 amide bonds. The molecule has 3 aromatic rings. The van der Waals surface area contributed by atoms with Gasteiger partial charge in [0.1, 0.15) is 0 Å². The monoisotopic (exact) mass is 393 g/mol. The number of fused-ring (bicyclic) bond motifs is 1. The van der Waals surface area contributed by atoms with Gasteiger partial charge in [-0.15, -0.1) is 0 Å². The summed E-state index contributed by atoms with van der Waals surface area (Å²) in [6.45, 7) is 1.76. The molecule has 1 aliphatic heterocycles. The third-order valence-electron chi connectivity index (χ3n) is 6.18. The normalized spacial score (nSPS) is 20.9. The molecule has 1 aliphatic carbocycles. The van der Waals surface area contributed by atoms with Crippen LogP contribution >= 0.6 is 0 Å². The third kappa shape index (κ3) is 2.82. The number of imidazole rings is 1.